The molecule has 1 saturated heterocycles. The fourth-order valence-corrected chi connectivity index (χ4v) is 4.41. The number of aryl methyl sites for hydroxylation is 1. The Balaban J connectivity index is 1.52. The zero-order valence-corrected chi connectivity index (χ0v) is 20.6. The van der Waals surface area contributed by atoms with Gasteiger partial charge in [0.05, 0.1) is 6.61 Å². The molecule has 0 aliphatic carbocycles. The number of aromatic hydroxyl groups is 1. The predicted molar refractivity (Wildman–Crippen MR) is 138 cm³/mol. The first-order valence-corrected chi connectivity index (χ1v) is 12.2. The van der Waals surface area contributed by atoms with Gasteiger partial charge in [0.2, 0.25) is 0 Å². The van der Waals surface area contributed by atoms with E-state index >= 15 is 0 Å². The number of piperidine rings is 1. The summed E-state index contributed by atoms with van der Waals surface area (Å²) in [6.07, 6.45) is 4.75. The van der Waals surface area contributed by atoms with E-state index in [1.54, 1.807) is 18.2 Å². The van der Waals surface area contributed by atoms with E-state index in [4.69, 9.17) is 9.15 Å². The molecule has 1 aliphatic heterocycles. The van der Waals surface area contributed by atoms with Crippen molar-refractivity contribution in [3.05, 3.63) is 80.7 Å². The van der Waals surface area contributed by atoms with Crippen LogP contribution in [0.15, 0.2) is 57.3 Å². The molecule has 0 radical (unpaired) electrons. The maximum Gasteiger partial charge on any atom is 0.339 e. The first-order valence-electron chi connectivity index (χ1n) is 12.2. The molecular formula is C29H33NO5. The SMILES string of the molecule is CC(C)=CCc1cc(C(=O)Cc2cc3ccc(OCC4CCCNC4)c(C)c3oc2=O)ccc1O. The summed E-state index contributed by atoms with van der Waals surface area (Å²) >= 11 is 0. The van der Waals surface area contributed by atoms with Crippen LogP contribution >= 0.6 is 0 Å². The lowest BCUT2D eigenvalue weighted by Gasteiger charge is -2.23. The Kier molecular flexibility index (Phi) is 7.71. The lowest BCUT2D eigenvalue weighted by atomic mass is 9.99. The Morgan fingerprint density at radius 1 is 1.20 bits per heavy atom. The molecule has 35 heavy (non-hydrogen) atoms. The minimum absolute atomic E-state index is 0.0723. The molecule has 1 aromatic heterocycles. The van der Waals surface area contributed by atoms with Crippen molar-refractivity contribution in [2.45, 2.75) is 46.5 Å². The van der Waals surface area contributed by atoms with Gasteiger partial charge in [-0.25, -0.2) is 4.79 Å². The third-order valence-corrected chi connectivity index (χ3v) is 6.53. The number of benzene rings is 2. The average Bonchev–Trinajstić information content (AvgIpc) is 2.84. The van der Waals surface area contributed by atoms with Crippen LogP contribution in [0.5, 0.6) is 11.5 Å². The third kappa shape index (κ3) is 6.01. The number of allylic oxidation sites excluding steroid dienone is 2. The van der Waals surface area contributed by atoms with Gasteiger partial charge in [0.1, 0.15) is 17.1 Å². The van der Waals surface area contributed by atoms with Crippen molar-refractivity contribution in [2.75, 3.05) is 19.7 Å². The van der Waals surface area contributed by atoms with E-state index < -0.39 is 5.63 Å². The summed E-state index contributed by atoms with van der Waals surface area (Å²) in [7, 11) is 0. The molecule has 1 aliphatic rings. The van der Waals surface area contributed by atoms with Crippen LogP contribution in [0.2, 0.25) is 0 Å². The van der Waals surface area contributed by atoms with Crippen LogP contribution in [0.25, 0.3) is 11.0 Å². The first kappa shape index (κ1) is 24.7. The summed E-state index contributed by atoms with van der Waals surface area (Å²) in [5.74, 6) is 1.13. The van der Waals surface area contributed by atoms with Crippen LogP contribution in [-0.2, 0) is 12.8 Å². The van der Waals surface area contributed by atoms with Gasteiger partial charge in [0, 0.05) is 41.0 Å². The van der Waals surface area contributed by atoms with Crippen LogP contribution in [0.4, 0.5) is 0 Å². The summed E-state index contributed by atoms with van der Waals surface area (Å²) in [5, 5.41) is 14.3. The number of carbonyl (C=O) groups excluding carboxylic acids is 1. The molecule has 1 fully saturated rings. The second kappa shape index (κ2) is 10.9. The van der Waals surface area contributed by atoms with Gasteiger partial charge in [-0.1, -0.05) is 11.6 Å². The van der Waals surface area contributed by atoms with Crippen LogP contribution in [0, 0.1) is 12.8 Å². The standard InChI is InChI=1S/C29H33NO5/c1-18(2)6-7-21-13-22(8-10-25(21)31)26(32)15-24-14-23-9-11-27(19(3)28(23)35-29(24)33)34-17-20-5-4-12-30-16-20/h6,8-11,13-14,20,30-31H,4-5,7,12,15-17H2,1-3H3. The molecule has 2 heterocycles. The van der Waals surface area contributed by atoms with Gasteiger partial charge >= 0.3 is 5.63 Å². The highest BCUT2D eigenvalue weighted by atomic mass is 16.5. The van der Waals surface area contributed by atoms with Crippen LogP contribution in [0.1, 0.15) is 53.7 Å². The molecule has 2 N–H and O–H groups in total. The Morgan fingerprint density at radius 3 is 2.77 bits per heavy atom. The molecule has 1 atom stereocenters. The van der Waals surface area contributed by atoms with Gasteiger partial charge in [-0.3, -0.25) is 4.79 Å². The highest BCUT2D eigenvalue weighted by molar-refractivity contribution is 5.98. The maximum absolute atomic E-state index is 13.0. The van der Waals surface area contributed by atoms with E-state index in [9.17, 15) is 14.7 Å². The van der Waals surface area contributed by atoms with Gasteiger partial charge in [-0.15, -0.1) is 0 Å². The predicted octanol–water partition coefficient (Wildman–Crippen LogP) is 5.12. The molecule has 184 valence electrons. The number of carbonyl (C=O) groups is 1. The number of fused-ring (bicyclic) bond motifs is 1. The van der Waals surface area contributed by atoms with E-state index in [2.05, 4.69) is 5.32 Å². The molecule has 0 spiro atoms. The number of phenols is 1. The zero-order chi connectivity index (χ0) is 24.9. The highest BCUT2D eigenvalue weighted by Crippen LogP contribution is 2.28. The molecule has 3 aromatic rings. The number of nitrogens with one attached hydrogen (secondary N) is 1. The number of ether oxygens (including phenoxy) is 1. The van der Waals surface area contributed by atoms with Crippen molar-refractivity contribution in [3.63, 3.8) is 0 Å². The fourth-order valence-electron chi connectivity index (χ4n) is 4.41. The van der Waals surface area contributed by atoms with Crippen molar-refractivity contribution in [3.8, 4) is 11.5 Å². The second-order valence-electron chi connectivity index (χ2n) is 9.62. The van der Waals surface area contributed by atoms with E-state index in [1.165, 1.54) is 6.07 Å². The largest absolute Gasteiger partial charge is 0.508 e. The van der Waals surface area contributed by atoms with E-state index in [-0.39, 0.29) is 18.0 Å². The minimum atomic E-state index is -0.522. The van der Waals surface area contributed by atoms with Gasteiger partial charge < -0.3 is 19.6 Å². The molecular weight excluding hydrogens is 442 g/mol. The van der Waals surface area contributed by atoms with Gasteiger partial charge in [-0.05, 0) is 88.5 Å². The Bertz CT molecular complexity index is 1310. The normalized spacial score (nSPS) is 15.7. The van der Waals surface area contributed by atoms with Crippen molar-refractivity contribution in [2.24, 2.45) is 5.92 Å². The lowest BCUT2D eigenvalue weighted by Crippen LogP contribution is -2.33. The van der Waals surface area contributed by atoms with Crippen LogP contribution in [-0.4, -0.2) is 30.6 Å². The summed E-state index contributed by atoms with van der Waals surface area (Å²) in [5.41, 5.74) is 3.31. The Labute approximate surface area is 205 Å². The van der Waals surface area contributed by atoms with Crippen molar-refractivity contribution >= 4 is 16.8 Å². The van der Waals surface area contributed by atoms with E-state index in [0.717, 1.165) is 42.5 Å². The van der Waals surface area contributed by atoms with E-state index in [1.807, 2.05) is 39.0 Å². The Morgan fingerprint density at radius 2 is 2.03 bits per heavy atom. The maximum atomic E-state index is 13.0. The molecule has 4 rings (SSSR count). The number of hydrogen-bond acceptors (Lipinski definition) is 6. The number of ketones is 1. The second-order valence-corrected chi connectivity index (χ2v) is 9.62. The van der Waals surface area contributed by atoms with Gasteiger partial charge in [0.15, 0.2) is 5.78 Å². The minimum Gasteiger partial charge on any atom is -0.508 e. The quantitative estimate of drug-likeness (QED) is 0.267. The van der Waals surface area contributed by atoms with Crippen LogP contribution in [0.3, 0.4) is 0 Å². The highest BCUT2D eigenvalue weighted by Gasteiger charge is 2.17. The van der Waals surface area contributed by atoms with Gasteiger partial charge in [-0.2, -0.15) is 0 Å². The molecule has 1 unspecified atom stereocenters. The lowest BCUT2D eigenvalue weighted by molar-refractivity contribution is 0.0992. The van der Waals surface area contributed by atoms with Crippen LogP contribution < -0.4 is 15.7 Å². The molecule has 0 saturated carbocycles. The fraction of sp³-hybridized carbons (Fsp3) is 0.379. The topological polar surface area (TPSA) is 88.8 Å². The number of rotatable bonds is 8. The molecule has 0 amide bonds. The molecule has 6 heteroatoms. The zero-order valence-electron chi connectivity index (χ0n) is 20.6. The summed E-state index contributed by atoms with van der Waals surface area (Å²) in [6.45, 7) is 8.49. The number of phenolic OH excluding ortho intramolecular Hbond substituents is 1. The van der Waals surface area contributed by atoms with Gasteiger partial charge in [0.25, 0.3) is 0 Å². The third-order valence-electron chi connectivity index (χ3n) is 6.53. The summed E-state index contributed by atoms with van der Waals surface area (Å²) < 4.78 is 11.7. The molecule has 6 nitrogen and oxygen atoms in total. The van der Waals surface area contributed by atoms with Crippen molar-refractivity contribution < 1.29 is 19.1 Å². The summed E-state index contributed by atoms with van der Waals surface area (Å²) in [6, 6.07) is 10.3. The number of Topliss-reactive ketones (excluding diaryl/α,β-unsaturated/α-hetero) is 1. The van der Waals surface area contributed by atoms with E-state index in [0.29, 0.717) is 47.0 Å². The first-order chi connectivity index (χ1) is 16.8. The summed E-state index contributed by atoms with van der Waals surface area (Å²) in [4.78, 5) is 25.7. The Hall–Kier alpha value is -3.38. The van der Waals surface area contributed by atoms with Crippen molar-refractivity contribution in [1.29, 1.82) is 0 Å². The monoisotopic (exact) mass is 475 g/mol. The van der Waals surface area contributed by atoms with Crippen molar-refractivity contribution in [1.82, 2.24) is 5.32 Å². The number of hydrogen-bond donors (Lipinski definition) is 2. The smallest absolute Gasteiger partial charge is 0.339 e. The molecule has 0 bridgehead atoms. The average molecular weight is 476 g/mol. The molecule has 2 aromatic carbocycles.